The second-order valence-electron chi connectivity index (χ2n) is 2.49. The van der Waals surface area contributed by atoms with Crippen LogP contribution in [0.15, 0.2) is 12.3 Å². The van der Waals surface area contributed by atoms with E-state index >= 15 is 0 Å². The fraction of sp³-hybridized carbons (Fsp3) is 0.625. The van der Waals surface area contributed by atoms with Crippen LogP contribution in [0.3, 0.4) is 0 Å². The molecule has 0 radical (unpaired) electrons. The van der Waals surface area contributed by atoms with E-state index in [0.717, 1.165) is 0 Å². The Morgan fingerprint density at radius 1 is 1.33 bits per heavy atom. The molecule has 0 heterocycles. The first-order valence-corrected chi connectivity index (χ1v) is 3.56. The maximum Gasteiger partial charge on any atom is 0.221 e. The van der Waals surface area contributed by atoms with E-state index in [4.69, 9.17) is 9.47 Å². The molecular formula is C8H15NO3. The Bertz CT molecular complexity index is 162. The summed E-state index contributed by atoms with van der Waals surface area (Å²) in [6.45, 7) is 0. The first-order valence-electron chi connectivity index (χ1n) is 3.56. The molecule has 70 valence electrons. The Morgan fingerprint density at radius 2 is 1.83 bits per heavy atom. The van der Waals surface area contributed by atoms with Crippen LogP contribution in [0.25, 0.3) is 0 Å². The van der Waals surface area contributed by atoms with E-state index < -0.39 is 6.29 Å². The highest BCUT2D eigenvalue weighted by Gasteiger charge is 2.12. The van der Waals surface area contributed by atoms with Crippen LogP contribution in [0.2, 0.25) is 0 Å². The molecule has 4 nitrogen and oxygen atoms in total. The van der Waals surface area contributed by atoms with Crippen molar-refractivity contribution in [3.63, 3.8) is 0 Å². The Kier molecular flexibility index (Phi) is 5.32. The van der Waals surface area contributed by atoms with Crippen LogP contribution < -0.4 is 0 Å². The first-order chi connectivity index (χ1) is 5.61. The summed E-state index contributed by atoms with van der Waals surface area (Å²) in [5.74, 6) is -0.200. The summed E-state index contributed by atoms with van der Waals surface area (Å²) in [5, 5.41) is 0. The van der Waals surface area contributed by atoms with Gasteiger partial charge in [0.1, 0.15) is 0 Å². The number of ether oxygens (including phenoxy) is 2. The van der Waals surface area contributed by atoms with Gasteiger partial charge in [-0.05, 0) is 0 Å². The zero-order chi connectivity index (χ0) is 9.56. The largest absolute Gasteiger partial charge is 0.383 e. The van der Waals surface area contributed by atoms with Crippen molar-refractivity contribution in [1.29, 1.82) is 0 Å². The molecule has 0 fully saturated rings. The smallest absolute Gasteiger partial charge is 0.221 e. The normalized spacial score (nSPS) is 11.1. The summed E-state index contributed by atoms with van der Waals surface area (Å²) in [7, 11) is 6.52. The van der Waals surface area contributed by atoms with E-state index in [-0.39, 0.29) is 5.78 Å². The lowest BCUT2D eigenvalue weighted by molar-refractivity contribution is -0.151. The molecule has 0 spiro atoms. The number of carbonyl (C=O) groups is 1. The zero-order valence-electron chi connectivity index (χ0n) is 7.90. The van der Waals surface area contributed by atoms with Gasteiger partial charge >= 0.3 is 0 Å². The summed E-state index contributed by atoms with van der Waals surface area (Å²) in [5.41, 5.74) is 0. The molecule has 4 heteroatoms. The maximum atomic E-state index is 11.1. The topological polar surface area (TPSA) is 38.8 Å². The van der Waals surface area contributed by atoms with Crippen LogP contribution in [0.1, 0.15) is 0 Å². The van der Waals surface area contributed by atoms with Crippen LogP contribution in [-0.2, 0) is 14.3 Å². The average Bonchev–Trinajstić information content (AvgIpc) is 2.03. The molecule has 0 aromatic rings. The number of hydrogen-bond acceptors (Lipinski definition) is 4. The number of methoxy groups -OCH3 is 2. The van der Waals surface area contributed by atoms with Gasteiger partial charge in [-0.2, -0.15) is 0 Å². The third-order valence-corrected chi connectivity index (χ3v) is 1.20. The minimum absolute atomic E-state index is 0.200. The molecule has 0 amide bonds. The molecule has 0 aromatic heterocycles. The van der Waals surface area contributed by atoms with Crippen LogP contribution in [0.4, 0.5) is 0 Å². The number of rotatable bonds is 5. The lowest BCUT2D eigenvalue weighted by Gasteiger charge is -2.09. The Hall–Kier alpha value is -0.870. The van der Waals surface area contributed by atoms with Crippen molar-refractivity contribution in [1.82, 2.24) is 4.90 Å². The van der Waals surface area contributed by atoms with Crippen molar-refractivity contribution in [2.24, 2.45) is 0 Å². The summed E-state index contributed by atoms with van der Waals surface area (Å²) < 4.78 is 9.50. The summed E-state index contributed by atoms with van der Waals surface area (Å²) >= 11 is 0. The third-order valence-electron chi connectivity index (χ3n) is 1.20. The molecule has 0 aromatic carbocycles. The second-order valence-corrected chi connectivity index (χ2v) is 2.49. The van der Waals surface area contributed by atoms with E-state index in [9.17, 15) is 4.79 Å². The molecule has 0 unspecified atom stereocenters. The van der Waals surface area contributed by atoms with E-state index in [2.05, 4.69) is 0 Å². The highest BCUT2D eigenvalue weighted by atomic mass is 16.7. The Morgan fingerprint density at radius 3 is 2.17 bits per heavy atom. The first kappa shape index (κ1) is 11.1. The molecule has 0 aliphatic heterocycles. The van der Waals surface area contributed by atoms with Gasteiger partial charge < -0.3 is 14.4 Å². The predicted molar refractivity (Wildman–Crippen MR) is 45.6 cm³/mol. The van der Waals surface area contributed by atoms with Gasteiger partial charge in [0.25, 0.3) is 0 Å². The third kappa shape index (κ3) is 4.10. The standard InChI is InChI=1S/C8H15NO3/c1-9(2)6-5-7(10)8(11-3)12-4/h5-6,8H,1-4H3/b6-5-. The average molecular weight is 173 g/mol. The quantitative estimate of drug-likeness (QED) is 0.441. The second kappa shape index (κ2) is 5.74. The minimum Gasteiger partial charge on any atom is -0.383 e. The van der Waals surface area contributed by atoms with Crippen molar-refractivity contribution in [3.8, 4) is 0 Å². The Balaban J connectivity index is 4.01. The summed E-state index contributed by atoms with van der Waals surface area (Å²) in [4.78, 5) is 12.9. The summed E-state index contributed by atoms with van der Waals surface area (Å²) in [6, 6.07) is 0. The van der Waals surface area contributed by atoms with Crippen LogP contribution in [0.5, 0.6) is 0 Å². The fourth-order valence-electron chi connectivity index (χ4n) is 0.630. The van der Waals surface area contributed by atoms with Gasteiger partial charge in [0, 0.05) is 40.6 Å². The molecule has 0 N–H and O–H groups in total. The van der Waals surface area contributed by atoms with E-state index in [0.29, 0.717) is 0 Å². The van der Waals surface area contributed by atoms with Gasteiger partial charge in [-0.1, -0.05) is 0 Å². The highest BCUT2D eigenvalue weighted by Crippen LogP contribution is 1.94. The minimum atomic E-state index is -0.791. The van der Waals surface area contributed by atoms with Crippen molar-refractivity contribution < 1.29 is 14.3 Å². The van der Waals surface area contributed by atoms with Crippen LogP contribution in [0, 0.1) is 0 Å². The SMILES string of the molecule is COC(OC)C(=O)/C=C\N(C)C. The molecule has 0 rings (SSSR count). The molecular weight excluding hydrogens is 158 g/mol. The Labute approximate surface area is 72.8 Å². The molecule has 12 heavy (non-hydrogen) atoms. The van der Waals surface area contributed by atoms with Crippen LogP contribution >= 0.6 is 0 Å². The van der Waals surface area contributed by atoms with Crippen molar-refractivity contribution in [2.75, 3.05) is 28.3 Å². The van der Waals surface area contributed by atoms with Gasteiger partial charge in [0.15, 0.2) is 0 Å². The molecule has 0 saturated heterocycles. The molecule has 0 aliphatic rings. The van der Waals surface area contributed by atoms with Gasteiger partial charge in [0.2, 0.25) is 12.1 Å². The highest BCUT2D eigenvalue weighted by molar-refractivity contribution is 5.92. The van der Waals surface area contributed by atoms with Crippen molar-refractivity contribution in [3.05, 3.63) is 12.3 Å². The zero-order valence-corrected chi connectivity index (χ0v) is 7.90. The number of hydrogen-bond donors (Lipinski definition) is 0. The number of ketones is 1. The predicted octanol–water partition coefficient (Wildman–Crippen LogP) is 0.250. The van der Waals surface area contributed by atoms with Crippen molar-refractivity contribution >= 4 is 5.78 Å². The fourth-order valence-corrected chi connectivity index (χ4v) is 0.630. The summed E-state index contributed by atoms with van der Waals surface area (Å²) in [6.07, 6.45) is 2.27. The maximum absolute atomic E-state index is 11.1. The van der Waals surface area contributed by atoms with Crippen molar-refractivity contribution in [2.45, 2.75) is 6.29 Å². The monoisotopic (exact) mass is 173 g/mol. The molecule has 0 atom stereocenters. The lowest BCUT2D eigenvalue weighted by Crippen LogP contribution is -2.23. The molecule has 0 bridgehead atoms. The lowest BCUT2D eigenvalue weighted by atomic mass is 10.3. The van der Waals surface area contributed by atoms with E-state index in [1.54, 1.807) is 11.1 Å². The van der Waals surface area contributed by atoms with Gasteiger partial charge in [-0.25, -0.2) is 0 Å². The van der Waals surface area contributed by atoms with E-state index in [1.165, 1.54) is 20.3 Å². The van der Waals surface area contributed by atoms with Crippen LogP contribution in [-0.4, -0.2) is 45.3 Å². The van der Waals surface area contributed by atoms with Gasteiger partial charge in [-0.15, -0.1) is 0 Å². The van der Waals surface area contributed by atoms with Gasteiger partial charge in [-0.3, -0.25) is 4.79 Å². The van der Waals surface area contributed by atoms with Gasteiger partial charge in [0.05, 0.1) is 0 Å². The number of carbonyl (C=O) groups excluding carboxylic acids is 1. The van der Waals surface area contributed by atoms with E-state index in [1.807, 2.05) is 14.1 Å². The molecule has 0 aliphatic carbocycles. The molecule has 0 saturated carbocycles. The number of nitrogens with zero attached hydrogens (tertiary/aromatic N) is 1.